The number of carbonyl (C=O) groups is 1. The molecule has 0 saturated heterocycles. The van der Waals surface area contributed by atoms with Crippen molar-refractivity contribution in [2.75, 3.05) is 0 Å². The summed E-state index contributed by atoms with van der Waals surface area (Å²) in [5.41, 5.74) is -0.788. The van der Waals surface area contributed by atoms with Crippen LogP contribution in [0.25, 0.3) is 0 Å². The molecule has 2 saturated carbocycles. The van der Waals surface area contributed by atoms with Crippen LogP contribution >= 0.6 is 0 Å². The molecule has 2 unspecified atom stereocenters. The van der Waals surface area contributed by atoms with Crippen LogP contribution in [0.5, 0.6) is 0 Å². The van der Waals surface area contributed by atoms with Crippen molar-refractivity contribution in [3.05, 3.63) is 58.2 Å². The first-order chi connectivity index (χ1) is 16.3. The average molecular weight is 492 g/mol. The Bertz CT molecular complexity index is 1180. The van der Waals surface area contributed by atoms with Crippen molar-refractivity contribution >= 4 is 5.78 Å². The summed E-state index contributed by atoms with van der Waals surface area (Å²) in [5, 5.41) is 20.4. The number of nitrogens with zero attached hydrogens (tertiary/aromatic N) is 1. The maximum Gasteiger partial charge on any atom is 0.456 e. The van der Waals surface area contributed by atoms with Gasteiger partial charge in [-0.15, -0.1) is 0 Å². The number of nitriles is 1. The molecule has 3 nitrogen and oxygen atoms in total. The molecule has 2 fully saturated rings. The van der Waals surface area contributed by atoms with Crippen LogP contribution in [0, 0.1) is 28.6 Å². The third kappa shape index (κ3) is 3.27. The molecule has 0 bridgehead atoms. The lowest BCUT2D eigenvalue weighted by atomic mass is 9.50. The zero-order chi connectivity index (χ0) is 25.4. The van der Waals surface area contributed by atoms with Crippen LogP contribution in [0.4, 0.5) is 22.0 Å². The molecular formula is C27H26F5NO2. The summed E-state index contributed by atoms with van der Waals surface area (Å²) < 4.78 is 70.6. The van der Waals surface area contributed by atoms with E-state index in [0.29, 0.717) is 31.2 Å². The van der Waals surface area contributed by atoms with Crippen molar-refractivity contribution in [2.24, 2.45) is 17.3 Å². The first-order valence-electron chi connectivity index (χ1n) is 12.0. The lowest BCUT2D eigenvalue weighted by Crippen LogP contribution is -2.65. The number of allylic oxidation sites excluding steroid dienone is 4. The number of rotatable bonds is 2. The van der Waals surface area contributed by atoms with E-state index >= 15 is 0 Å². The van der Waals surface area contributed by atoms with E-state index in [4.69, 9.17) is 0 Å². The Morgan fingerprint density at radius 3 is 2.37 bits per heavy atom. The molecule has 1 aromatic carbocycles. The summed E-state index contributed by atoms with van der Waals surface area (Å²) >= 11 is 0. The van der Waals surface area contributed by atoms with Crippen LogP contribution in [0.1, 0.15) is 68.9 Å². The second-order valence-corrected chi connectivity index (χ2v) is 10.7. The number of fused-ring (bicyclic) bond motifs is 4. The van der Waals surface area contributed by atoms with E-state index in [9.17, 15) is 37.1 Å². The van der Waals surface area contributed by atoms with Gasteiger partial charge in [0.05, 0.1) is 11.6 Å². The molecule has 4 aliphatic carbocycles. The van der Waals surface area contributed by atoms with Crippen molar-refractivity contribution in [2.45, 2.75) is 75.5 Å². The zero-order valence-electron chi connectivity index (χ0n) is 19.3. The van der Waals surface area contributed by atoms with Crippen molar-refractivity contribution in [1.29, 1.82) is 5.26 Å². The molecule has 35 heavy (non-hydrogen) atoms. The Balaban J connectivity index is 1.69. The number of hydrogen-bond acceptors (Lipinski definition) is 3. The fourth-order valence-corrected chi connectivity index (χ4v) is 7.50. The number of alkyl halides is 5. The molecule has 5 atom stereocenters. The number of benzene rings is 1. The van der Waals surface area contributed by atoms with Gasteiger partial charge in [0.15, 0.2) is 5.78 Å². The Hall–Kier alpha value is -2.53. The Labute approximate surface area is 200 Å². The molecule has 1 N–H and O–H groups in total. The first kappa shape index (κ1) is 24.2. The van der Waals surface area contributed by atoms with Crippen LogP contribution in [-0.2, 0) is 4.79 Å². The first-order valence-corrected chi connectivity index (χ1v) is 12.0. The third-order valence-corrected chi connectivity index (χ3v) is 9.20. The molecule has 0 heterocycles. The van der Waals surface area contributed by atoms with Crippen molar-refractivity contribution in [3.8, 4) is 6.07 Å². The number of aliphatic hydroxyl groups is 1. The summed E-state index contributed by atoms with van der Waals surface area (Å²) in [7, 11) is 0. The Kier molecular flexibility index (Phi) is 5.34. The SMILES string of the molecule is C[C@]12C[C@H](c3ccc(C#N)cc3)C3=C4CCC(=O)C=C4CCC3C1CC[C@@]2(O)C(F)(F)C(F)(F)F. The largest absolute Gasteiger partial charge is 0.456 e. The normalized spacial score (nSPS) is 35.1. The lowest BCUT2D eigenvalue weighted by Gasteiger charge is -2.56. The van der Waals surface area contributed by atoms with Gasteiger partial charge in [-0.2, -0.15) is 27.2 Å². The van der Waals surface area contributed by atoms with Gasteiger partial charge in [0.2, 0.25) is 0 Å². The average Bonchev–Trinajstić information content (AvgIpc) is 3.09. The zero-order valence-corrected chi connectivity index (χ0v) is 19.3. The lowest BCUT2D eigenvalue weighted by molar-refractivity contribution is -0.362. The minimum Gasteiger partial charge on any atom is -0.383 e. The molecule has 186 valence electrons. The predicted octanol–water partition coefficient (Wildman–Crippen LogP) is 6.39. The molecule has 0 aromatic heterocycles. The van der Waals surface area contributed by atoms with Gasteiger partial charge in [0, 0.05) is 17.8 Å². The third-order valence-electron chi connectivity index (χ3n) is 9.20. The Morgan fingerprint density at radius 1 is 1.06 bits per heavy atom. The molecule has 8 heteroatoms. The van der Waals surface area contributed by atoms with Crippen molar-refractivity contribution in [3.63, 3.8) is 0 Å². The highest BCUT2D eigenvalue weighted by atomic mass is 19.4. The van der Waals surface area contributed by atoms with E-state index in [1.165, 1.54) is 6.92 Å². The standard InChI is InChI=1S/C27H26F5NO2/c1-24-13-21(16-4-2-15(14-33)3-5-16)23-19-9-7-18(34)12-17(19)6-8-20(23)22(24)10-11-25(24,35)26(28,29)27(30,31)32/h2-5,12,20-22,35H,6-11,13H2,1H3/t20?,21-,22?,24+,25+/m1/s1. The van der Waals surface area contributed by atoms with E-state index in [2.05, 4.69) is 0 Å². The number of carbonyl (C=O) groups excluding carboxylic acids is 1. The van der Waals surface area contributed by atoms with E-state index in [1.807, 2.05) is 6.07 Å². The maximum absolute atomic E-state index is 14.9. The highest BCUT2D eigenvalue weighted by molar-refractivity contribution is 5.93. The fourth-order valence-electron chi connectivity index (χ4n) is 7.50. The fraction of sp³-hybridized carbons (Fsp3) is 0.556. The summed E-state index contributed by atoms with van der Waals surface area (Å²) in [6.45, 7) is 1.40. The highest BCUT2D eigenvalue weighted by Crippen LogP contribution is 2.70. The van der Waals surface area contributed by atoms with Gasteiger partial charge >= 0.3 is 12.1 Å². The van der Waals surface area contributed by atoms with Gasteiger partial charge in [-0.25, -0.2) is 0 Å². The van der Waals surface area contributed by atoms with Gasteiger partial charge in [0.25, 0.3) is 0 Å². The smallest absolute Gasteiger partial charge is 0.383 e. The van der Waals surface area contributed by atoms with Crippen LogP contribution in [0.15, 0.2) is 47.1 Å². The topological polar surface area (TPSA) is 61.1 Å². The van der Waals surface area contributed by atoms with Crippen LogP contribution in [-0.4, -0.2) is 28.6 Å². The highest BCUT2D eigenvalue weighted by Gasteiger charge is 2.79. The minimum absolute atomic E-state index is 0.0402. The van der Waals surface area contributed by atoms with E-state index in [-0.39, 0.29) is 24.5 Å². The number of halogens is 5. The summed E-state index contributed by atoms with van der Waals surface area (Å²) in [5.74, 6) is -6.49. The molecule has 0 aliphatic heterocycles. The second-order valence-electron chi connectivity index (χ2n) is 10.7. The van der Waals surface area contributed by atoms with Crippen LogP contribution in [0.2, 0.25) is 0 Å². The van der Waals surface area contributed by atoms with Gasteiger partial charge in [0.1, 0.15) is 5.60 Å². The van der Waals surface area contributed by atoms with E-state index < -0.39 is 41.4 Å². The maximum atomic E-state index is 14.9. The molecular weight excluding hydrogens is 465 g/mol. The molecule has 4 aliphatic rings. The molecule has 0 spiro atoms. The van der Waals surface area contributed by atoms with Crippen LogP contribution in [0.3, 0.4) is 0 Å². The number of hydrogen-bond donors (Lipinski definition) is 1. The number of ketones is 1. The molecule has 0 radical (unpaired) electrons. The predicted molar refractivity (Wildman–Crippen MR) is 117 cm³/mol. The Morgan fingerprint density at radius 2 is 1.74 bits per heavy atom. The molecule has 0 amide bonds. The van der Waals surface area contributed by atoms with Crippen molar-refractivity contribution < 1.29 is 31.9 Å². The van der Waals surface area contributed by atoms with Gasteiger partial charge < -0.3 is 5.11 Å². The summed E-state index contributed by atoms with van der Waals surface area (Å²) in [6.07, 6.45) is -2.86. The van der Waals surface area contributed by atoms with Crippen LogP contribution < -0.4 is 0 Å². The quantitative estimate of drug-likeness (QED) is 0.488. The summed E-state index contributed by atoms with van der Waals surface area (Å²) in [4.78, 5) is 12.1. The summed E-state index contributed by atoms with van der Waals surface area (Å²) in [6, 6.07) is 8.70. The van der Waals surface area contributed by atoms with Crippen molar-refractivity contribution in [1.82, 2.24) is 0 Å². The van der Waals surface area contributed by atoms with E-state index in [1.54, 1.807) is 30.3 Å². The second kappa shape index (κ2) is 7.73. The molecule has 1 aromatic rings. The van der Waals surface area contributed by atoms with Gasteiger partial charge in [-0.05, 0) is 85.3 Å². The van der Waals surface area contributed by atoms with Gasteiger partial charge in [-0.3, -0.25) is 4.79 Å². The van der Waals surface area contributed by atoms with E-state index in [0.717, 1.165) is 22.3 Å². The van der Waals surface area contributed by atoms with Gasteiger partial charge in [-0.1, -0.05) is 24.6 Å². The minimum atomic E-state index is -5.87. The monoisotopic (exact) mass is 491 g/mol. The molecule has 5 rings (SSSR count).